The minimum absolute atomic E-state index is 0.0425. The number of nitrogens with zero attached hydrogens (tertiary/aromatic N) is 6. The Kier molecular flexibility index (Phi) is 10.5. The fourth-order valence-corrected chi connectivity index (χ4v) is 11.1. The lowest BCUT2D eigenvalue weighted by Gasteiger charge is -2.42. The largest absolute Gasteiger partial charge is 0.208 e. The molecule has 3 aliphatic carbocycles. The number of hydrogen-bond acceptors (Lipinski definition) is 6. The highest BCUT2D eigenvalue weighted by atomic mass is 15.0. The molecule has 12 aromatic rings. The van der Waals surface area contributed by atoms with Crippen LogP contribution in [0.3, 0.4) is 0 Å². The Morgan fingerprint density at radius 1 is 0.176 bits per heavy atom. The smallest absolute Gasteiger partial charge is 0.164 e. The van der Waals surface area contributed by atoms with Gasteiger partial charge < -0.3 is 0 Å². The van der Waals surface area contributed by atoms with E-state index in [0.717, 1.165) is 55.6 Å². The van der Waals surface area contributed by atoms with E-state index in [1.54, 1.807) is 0 Å². The molecular formula is C68H44N6. The zero-order valence-corrected chi connectivity index (χ0v) is 40.1. The summed E-state index contributed by atoms with van der Waals surface area (Å²) in [4.78, 5) is 31.4. The third-order valence-electron chi connectivity index (χ3n) is 14.6. The van der Waals surface area contributed by atoms with Crippen molar-refractivity contribution in [2.75, 3.05) is 0 Å². The molecule has 2 bridgehead atoms. The third kappa shape index (κ3) is 7.60. The minimum atomic E-state index is -0.0575. The monoisotopic (exact) mass is 944 g/mol. The van der Waals surface area contributed by atoms with Gasteiger partial charge in [-0.3, -0.25) is 0 Å². The van der Waals surface area contributed by atoms with Crippen molar-refractivity contribution < 1.29 is 0 Å². The Morgan fingerprint density at radius 3 is 0.838 bits per heavy atom. The van der Waals surface area contributed by atoms with Crippen molar-refractivity contribution in [2.45, 2.75) is 11.8 Å². The summed E-state index contributed by atoms with van der Waals surface area (Å²) in [6.45, 7) is 0. The van der Waals surface area contributed by atoms with Gasteiger partial charge in [-0.1, -0.05) is 237 Å². The SMILES string of the molecule is c1ccc(-c2ccc3c(c2)C2c4ccc(-c5nc(-c6ccccc6)nc(-c6ccccc6-c6ccccc6)n5)cc4C3c3ccc(-c4nc(-c5ccccc5)nc(-c5ccccc5-c5ccccc5)n4)cc32)cc1. The summed E-state index contributed by atoms with van der Waals surface area (Å²) >= 11 is 0. The lowest BCUT2D eigenvalue weighted by Crippen LogP contribution is -2.27. The van der Waals surface area contributed by atoms with E-state index in [2.05, 4.69) is 206 Å². The van der Waals surface area contributed by atoms with Crippen LogP contribution in [0, 0.1) is 0 Å². The molecule has 15 rings (SSSR count). The van der Waals surface area contributed by atoms with E-state index in [4.69, 9.17) is 29.9 Å². The predicted octanol–water partition coefficient (Wildman–Crippen LogP) is 16.0. The number of hydrogen-bond donors (Lipinski definition) is 0. The summed E-state index contributed by atoms with van der Waals surface area (Å²) in [5, 5.41) is 0. The van der Waals surface area contributed by atoms with E-state index < -0.39 is 0 Å². The van der Waals surface area contributed by atoms with Crippen LogP contribution in [0.4, 0.5) is 0 Å². The molecule has 10 aromatic carbocycles. The Labute approximate surface area is 429 Å². The average molecular weight is 945 g/mol. The van der Waals surface area contributed by atoms with Gasteiger partial charge in [0.2, 0.25) is 0 Å². The van der Waals surface area contributed by atoms with Crippen molar-refractivity contribution in [3.05, 3.63) is 288 Å². The molecule has 6 heteroatoms. The van der Waals surface area contributed by atoms with Crippen molar-refractivity contribution in [3.63, 3.8) is 0 Å². The van der Waals surface area contributed by atoms with Crippen LogP contribution >= 0.6 is 0 Å². The summed E-state index contributed by atoms with van der Waals surface area (Å²) in [6.07, 6.45) is 0. The number of rotatable bonds is 9. The van der Waals surface area contributed by atoms with Crippen LogP contribution in [-0.2, 0) is 0 Å². The van der Waals surface area contributed by atoms with E-state index in [1.807, 2.05) is 48.5 Å². The summed E-state index contributed by atoms with van der Waals surface area (Å²) in [5.41, 5.74) is 20.0. The van der Waals surface area contributed by atoms with E-state index in [1.165, 1.54) is 44.5 Å². The van der Waals surface area contributed by atoms with E-state index in [0.29, 0.717) is 34.9 Å². The molecule has 6 nitrogen and oxygen atoms in total. The Balaban J connectivity index is 0.931. The van der Waals surface area contributed by atoms with Crippen LogP contribution in [0.2, 0.25) is 0 Å². The molecule has 0 saturated heterocycles. The maximum atomic E-state index is 5.32. The molecule has 3 aliphatic rings. The highest BCUT2D eigenvalue weighted by molar-refractivity contribution is 5.84. The molecule has 0 amide bonds. The maximum absolute atomic E-state index is 5.32. The average Bonchev–Trinajstić information content (AvgIpc) is 3.54. The van der Waals surface area contributed by atoms with Crippen molar-refractivity contribution >= 4 is 0 Å². The highest BCUT2D eigenvalue weighted by Gasteiger charge is 2.42. The number of aromatic nitrogens is 6. The van der Waals surface area contributed by atoms with Gasteiger partial charge in [0.15, 0.2) is 34.9 Å². The molecule has 2 unspecified atom stereocenters. The molecule has 0 N–H and O–H groups in total. The summed E-state index contributed by atoms with van der Waals surface area (Å²) in [7, 11) is 0. The zero-order chi connectivity index (χ0) is 49.0. The second kappa shape index (κ2) is 18.1. The Morgan fingerprint density at radius 2 is 0.446 bits per heavy atom. The first-order chi connectivity index (χ1) is 36.7. The lowest BCUT2D eigenvalue weighted by molar-refractivity contribution is 0.755. The molecule has 0 saturated carbocycles. The molecule has 2 aromatic heterocycles. The molecule has 2 atom stereocenters. The topological polar surface area (TPSA) is 77.3 Å². The first kappa shape index (κ1) is 43.0. The van der Waals surface area contributed by atoms with Gasteiger partial charge in [0.1, 0.15) is 0 Å². The Hall–Kier alpha value is -9.78. The minimum Gasteiger partial charge on any atom is -0.208 e. The van der Waals surface area contributed by atoms with Gasteiger partial charge in [-0.15, -0.1) is 0 Å². The van der Waals surface area contributed by atoms with Gasteiger partial charge in [-0.2, -0.15) is 0 Å². The molecule has 74 heavy (non-hydrogen) atoms. The summed E-state index contributed by atoms with van der Waals surface area (Å²) < 4.78 is 0. The quantitative estimate of drug-likeness (QED) is 0.143. The van der Waals surface area contributed by atoms with Crippen LogP contribution in [0.5, 0.6) is 0 Å². The molecule has 0 fully saturated rings. The normalized spacial score (nSPS) is 13.9. The van der Waals surface area contributed by atoms with Gasteiger partial charge in [-0.05, 0) is 85.0 Å². The fourth-order valence-electron chi connectivity index (χ4n) is 11.1. The van der Waals surface area contributed by atoms with Gasteiger partial charge in [0.05, 0.1) is 0 Å². The summed E-state index contributed by atoms with van der Waals surface area (Å²) in [5.74, 6) is 3.67. The highest BCUT2D eigenvalue weighted by Crippen LogP contribution is 2.57. The van der Waals surface area contributed by atoms with Gasteiger partial charge >= 0.3 is 0 Å². The predicted molar refractivity (Wildman–Crippen MR) is 297 cm³/mol. The van der Waals surface area contributed by atoms with Crippen molar-refractivity contribution in [3.8, 4) is 102 Å². The van der Waals surface area contributed by atoms with Crippen molar-refractivity contribution in [2.24, 2.45) is 0 Å². The molecule has 0 spiro atoms. The second-order valence-electron chi connectivity index (χ2n) is 18.9. The lowest BCUT2D eigenvalue weighted by atomic mass is 9.60. The first-order valence-corrected chi connectivity index (χ1v) is 25.1. The zero-order valence-electron chi connectivity index (χ0n) is 40.1. The fraction of sp³-hybridized carbons (Fsp3) is 0.0294. The third-order valence-corrected chi connectivity index (χ3v) is 14.6. The van der Waals surface area contributed by atoms with Gasteiger partial charge in [-0.25, -0.2) is 29.9 Å². The molecule has 2 heterocycles. The van der Waals surface area contributed by atoms with Gasteiger partial charge in [0.25, 0.3) is 0 Å². The van der Waals surface area contributed by atoms with E-state index >= 15 is 0 Å². The molecular weight excluding hydrogens is 901 g/mol. The van der Waals surface area contributed by atoms with Crippen LogP contribution < -0.4 is 0 Å². The van der Waals surface area contributed by atoms with Crippen molar-refractivity contribution in [1.29, 1.82) is 0 Å². The summed E-state index contributed by atoms with van der Waals surface area (Å²) in [6, 6.07) is 89.5. The Bertz CT molecular complexity index is 4070. The van der Waals surface area contributed by atoms with Gasteiger partial charge in [0, 0.05) is 45.2 Å². The maximum Gasteiger partial charge on any atom is 0.164 e. The van der Waals surface area contributed by atoms with Crippen LogP contribution in [-0.4, -0.2) is 29.9 Å². The first-order valence-electron chi connectivity index (χ1n) is 25.1. The van der Waals surface area contributed by atoms with E-state index in [9.17, 15) is 0 Å². The van der Waals surface area contributed by atoms with Crippen molar-refractivity contribution in [1.82, 2.24) is 29.9 Å². The molecule has 0 radical (unpaired) electrons. The van der Waals surface area contributed by atoms with Crippen LogP contribution in [0.1, 0.15) is 45.2 Å². The van der Waals surface area contributed by atoms with Crippen LogP contribution in [0.15, 0.2) is 255 Å². The molecule has 346 valence electrons. The van der Waals surface area contributed by atoms with Crippen LogP contribution in [0.25, 0.3) is 102 Å². The second-order valence-corrected chi connectivity index (χ2v) is 18.9. The van der Waals surface area contributed by atoms with E-state index in [-0.39, 0.29) is 11.8 Å². The standard InChI is InChI=1S/C68H44N6/c1-6-20-43(21-7-1)48-34-37-53-58(40-48)62-55-39-36-49(65-69-63(46-26-12-4-13-27-46)71-67(73-65)56-32-18-16-30-51(56)44-22-8-2-9-23-44)41-59(55)61(53)54-38-35-50(42-60(54)62)66-70-64(47-28-14-5-15-29-47)72-68(74-66)57-33-19-17-31-52(57)45-24-10-3-11-25-45/h1-42,61-62H. The molecule has 0 aliphatic heterocycles. The number of benzene rings is 10.